The largest absolute Gasteiger partial charge is 0.370 e. The molecule has 1 aromatic heterocycles. The topological polar surface area (TPSA) is 75.9 Å². The van der Waals surface area contributed by atoms with Crippen LogP contribution in [0.5, 0.6) is 0 Å². The van der Waals surface area contributed by atoms with Crippen molar-refractivity contribution in [3.8, 4) is 0 Å². The quantitative estimate of drug-likeness (QED) is 0.629. The fourth-order valence-electron chi connectivity index (χ4n) is 1.39. The highest BCUT2D eigenvalue weighted by atomic mass is 15.1. The fraction of sp³-hybridized carbons (Fsp3) is 0.714. The third-order valence-electron chi connectivity index (χ3n) is 3.64. The highest BCUT2D eigenvalue weighted by Crippen LogP contribution is 2.26. The summed E-state index contributed by atoms with van der Waals surface area (Å²) in [4.78, 5) is 8.43. The van der Waals surface area contributed by atoms with E-state index < -0.39 is 0 Å². The van der Waals surface area contributed by atoms with Crippen LogP contribution in [0.15, 0.2) is 12.4 Å². The van der Waals surface area contributed by atoms with Gasteiger partial charge in [-0.05, 0) is 24.3 Å². The summed E-state index contributed by atoms with van der Waals surface area (Å²) < 4.78 is 0. The van der Waals surface area contributed by atoms with Crippen molar-refractivity contribution in [2.24, 2.45) is 17.1 Å². The Morgan fingerprint density at radius 1 is 1.21 bits per heavy atom. The molecule has 108 valence electrons. The molecule has 0 bridgehead atoms. The van der Waals surface area contributed by atoms with E-state index in [2.05, 4.69) is 48.3 Å². The SMILES string of the molecule is CC(C)C(C)(C)CNc1cc(NCCCN)ncn1. The molecule has 0 saturated carbocycles. The average molecular weight is 265 g/mol. The van der Waals surface area contributed by atoms with Crippen LogP contribution in [0.1, 0.15) is 34.1 Å². The number of nitrogens with two attached hydrogens (primary N) is 1. The van der Waals surface area contributed by atoms with E-state index in [0.717, 1.165) is 31.1 Å². The summed E-state index contributed by atoms with van der Waals surface area (Å²) in [6.45, 7) is 11.4. The minimum absolute atomic E-state index is 0.234. The molecule has 5 heteroatoms. The fourth-order valence-corrected chi connectivity index (χ4v) is 1.39. The van der Waals surface area contributed by atoms with Crippen LogP contribution in [0.4, 0.5) is 11.6 Å². The Kier molecular flexibility index (Phi) is 6.02. The molecule has 0 fully saturated rings. The molecule has 0 radical (unpaired) electrons. The predicted molar refractivity (Wildman–Crippen MR) is 81.3 cm³/mol. The first-order chi connectivity index (χ1) is 8.95. The average Bonchev–Trinajstić information content (AvgIpc) is 2.37. The molecule has 0 amide bonds. The van der Waals surface area contributed by atoms with Gasteiger partial charge in [0.25, 0.3) is 0 Å². The lowest BCUT2D eigenvalue weighted by Crippen LogP contribution is -2.28. The summed E-state index contributed by atoms with van der Waals surface area (Å²) in [5, 5.41) is 6.62. The van der Waals surface area contributed by atoms with Gasteiger partial charge in [-0.15, -0.1) is 0 Å². The van der Waals surface area contributed by atoms with Crippen LogP contribution in [0.3, 0.4) is 0 Å². The highest BCUT2D eigenvalue weighted by Gasteiger charge is 2.21. The zero-order valence-corrected chi connectivity index (χ0v) is 12.5. The smallest absolute Gasteiger partial charge is 0.131 e. The van der Waals surface area contributed by atoms with E-state index in [1.165, 1.54) is 0 Å². The van der Waals surface area contributed by atoms with E-state index in [4.69, 9.17) is 5.73 Å². The third-order valence-corrected chi connectivity index (χ3v) is 3.64. The second kappa shape index (κ2) is 7.28. The Morgan fingerprint density at radius 2 is 1.84 bits per heavy atom. The van der Waals surface area contributed by atoms with Crippen molar-refractivity contribution >= 4 is 11.6 Å². The molecule has 0 aliphatic rings. The molecule has 0 atom stereocenters. The van der Waals surface area contributed by atoms with E-state index in [-0.39, 0.29) is 5.41 Å². The Morgan fingerprint density at radius 3 is 2.42 bits per heavy atom. The number of nitrogens with zero attached hydrogens (tertiary/aromatic N) is 2. The lowest BCUT2D eigenvalue weighted by atomic mass is 9.81. The first kappa shape index (κ1) is 15.7. The molecule has 1 rings (SSSR count). The molecule has 0 saturated heterocycles. The maximum absolute atomic E-state index is 5.46. The van der Waals surface area contributed by atoms with Gasteiger partial charge in [0.1, 0.15) is 18.0 Å². The van der Waals surface area contributed by atoms with Crippen molar-refractivity contribution < 1.29 is 0 Å². The monoisotopic (exact) mass is 265 g/mol. The van der Waals surface area contributed by atoms with Crippen LogP contribution in [0.2, 0.25) is 0 Å². The van der Waals surface area contributed by atoms with E-state index in [1.54, 1.807) is 6.33 Å². The summed E-state index contributed by atoms with van der Waals surface area (Å²) in [7, 11) is 0. The lowest BCUT2D eigenvalue weighted by molar-refractivity contribution is 0.269. The van der Waals surface area contributed by atoms with Gasteiger partial charge in [-0.2, -0.15) is 0 Å². The second-order valence-electron chi connectivity index (χ2n) is 5.85. The Hall–Kier alpha value is -1.36. The molecule has 0 aliphatic carbocycles. The molecule has 5 nitrogen and oxygen atoms in total. The lowest BCUT2D eigenvalue weighted by Gasteiger charge is -2.29. The summed E-state index contributed by atoms with van der Waals surface area (Å²) in [6.07, 6.45) is 2.52. The number of aromatic nitrogens is 2. The molecule has 4 N–H and O–H groups in total. The van der Waals surface area contributed by atoms with E-state index >= 15 is 0 Å². The summed E-state index contributed by atoms with van der Waals surface area (Å²) in [6, 6.07) is 1.94. The molecule has 1 aromatic rings. The molecular weight excluding hydrogens is 238 g/mol. The van der Waals surface area contributed by atoms with E-state index in [0.29, 0.717) is 12.5 Å². The van der Waals surface area contributed by atoms with Crippen LogP contribution in [-0.2, 0) is 0 Å². The van der Waals surface area contributed by atoms with Crippen molar-refractivity contribution in [3.63, 3.8) is 0 Å². The van der Waals surface area contributed by atoms with Gasteiger partial charge in [-0.1, -0.05) is 27.7 Å². The number of hydrogen-bond acceptors (Lipinski definition) is 5. The van der Waals surface area contributed by atoms with Gasteiger partial charge in [-0.3, -0.25) is 0 Å². The van der Waals surface area contributed by atoms with Crippen LogP contribution in [0, 0.1) is 11.3 Å². The van der Waals surface area contributed by atoms with E-state index in [9.17, 15) is 0 Å². The van der Waals surface area contributed by atoms with Crippen LogP contribution < -0.4 is 16.4 Å². The normalized spacial score (nSPS) is 11.7. The van der Waals surface area contributed by atoms with Crippen LogP contribution >= 0.6 is 0 Å². The van der Waals surface area contributed by atoms with Crippen molar-refractivity contribution in [1.29, 1.82) is 0 Å². The van der Waals surface area contributed by atoms with Gasteiger partial charge in [-0.25, -0.2) is 9.97 Å². The zero-order chi connectivity index (χ0) is 14.3. The van der Waals surface area contributed by atoms with Gasteiger partial charge < -0.3 is 16.4 Å². The molecule has 0 aromatic carbocycles. The van der Waals surface area contributed by atoms with Crippen molar-refractivity contribution in [2.45, 2.75) is 34.1 Å². The number of hydrogen-bond donors (Lipinski definition) is 3. The Labute approximate surface area is 116 Å². The summed E-state index contributed by atoms with van der Waals surface area (Å²) in [5.41, 5.74) is 5.70. The highest BCUT2D eigenvalue weighted by molar-refractivity contribution is 5.46. The van der Waals surface area contributed by atoms with Gasteiger partial charge in [0.15, 0.2) is 0 Å². The predicted octanol–water partition coefficient (Wildman–Crippen LogP) is 2.33. The van der Waals surface area contributed by atoms with Crippen LogP contribution in [-0.4, -0.2) is 29.6 Å². The maximum Gasteiger partial charge on any atom is 0.131 e. The number of rotatable bonds is 8. The Balaban J connectivity index is 2.52. The van der Waals surface area contributed by atoms with Crippen molar-refractivity contribution in [1.82, 2.24) is 9.97 Å². The van der Waals surface area contributed by atoms with Gasteiger partial charge in [0.05, 0.1) is 0 Å². The molecular formula is C14H27N5. The minimum Gasteiger partial charge on any atom is -0.370 e. The van der Waals surface area contributed by atoms with Crippen LogP contribution in [0.25, 0.3) is 0 Å². The third kappa shape index (κ3) is 5.42. The van der Waals surface area contributed by atoms with Gasteiger partial charge >= 0.3 is 0 Å². The van der Waals surface area contributed by atoms with E-state index in [1.807, 2.05) is 6.07 Å². The zero-order valence-electron chi connectivity index (χ0n) is 12.5. The summed E-state index contributed by atoms with van der Waals surface area (Å²) in [5.74, 6) is 2.32. The first-order valence-corrected chi connectivity index (χ1v) is 6.95. The molecule has 0 aliphatic heterocycles. The van der Waals surface area contributed by atoms with Gasteiger partial charge in [0.2, 0.25) is 0 Å². The van der Waals surface area contributed by atoms with Crippen molar-refractivity contribution in [2.75, 3.05) is 30.3 Å². The minimum atomic E-state index is 0.234. The van der Waals surface area contributed by atoms with Gasteiger partial charge in [0, 0.05) is 19.2 Å². The maximum atomic E-state index is 5.46. The number of nitrogens with one attached hydrogen (secondary N) is 2. The summed E-state index contributed by atoms with van der Waals surface area (Å²) >= 11 is 0. The van der Waals surface area contributed by atoms with Crippen molar-refractivity contribution in [3.05, 3.63) is 12.4 Å². The molecule has 19 heavy (non-hydrogen) atoms. The second-order valence-corrected chi connectivity index (χ2v) is 5.85. The standard InChI is InChI=1S/C14H27N5/c1-11(2)14(3,4)9-17-13-8-12(18-10-19-13)16-7-5-6-15/h8,10-11H,5-7,9,15H2,1-4H3,(H2,16,17,18,19). The molecule has 1 heterocycles. The number of anilines is 2. The molecule has 0 spiro atoms. The first-order valence-electron chi connectivity index (χ1n) is 6.95. The Bertz CT molecular complexity index is 376. The molecule has 0 unspecified atom stereocenters.